The fourth-order valence-corrected chi connectivity index (χ4v) is 2.45. The largest absolute Gasteiger partial charge is 0.479 e. The molecule has 0 heterocycles. The number of benzene rings is 1. The minimum atomic E-state index is -5.14. The third-order valence-corrected chi connectivity index (χ3v) is 3.83. The van der Waals surface area contributed by atoms with Crippen molar-refractivity contribution in [3.05, 3.63) is 29.3 Å². The minimum absolute atomic E-state index is 0.183. The van der Waals surface area contributed by atoms with E-state index in [9.17, 15) is 35.9 Å². The van der Waals surface area contributed by atoms with Gasteiger partial charge in [-0.3, -0.25) is 0 Å². The molecule has 11 heteroatoms. The van der Waals surface area contributed by atoms with E-state index in [-0.39, 0.29) is 6.07 Å². The molecule has 1 atom stereocenters. The van der Waals surface area contributed by atoms with Gasteiger partial charge in [-0.25, -0.2) is 35.5 Å². The van der Waals surface area contributed by atoms with Gasteiger partial charge in [-0.05, 0) is 6.92 Å². The van der Waals surface area contributed by atoms with Crippen LogP contribution < -0.4 is 4.72 Å². The van der Waals surface area contributed by atoms with E-state index in [2.05, 4.69) is 0 Å². The quantitative estimate of drug-likeness (QED) is 0.534. The molecule has 21 heavy (non-hydrogen) atoms. The van der Waals surface area contributed by atoms with Crippen molar-refractivity contribution in [1.82, 2.24) is 4.72 Å². The van der Waals surface area contributed by atoms with Gasteiger partial charge in [-0.2, -0.15) is 0 Å². The van der Waals surface area contributed by atoms with E-state index in [0.29, 0.717) is 6.92 Å². The van der Waals surface area contributed by atoms with Crippen LogP contribution in [0.1, 0.15) is 6.92 Å². The molecule has 0 amide bonds. The van der Waals surface area contributed by atoms with Crippen molar-refractivity contribution < 1.29 is 41.0 Å². The van der Waals surface area contributed by atoms with E-state index in [1.54, 1.807) is 0 Å². The average Bonchev–Trinajstić information content (AvgIpc) is 2.34. The van der Waals surface area contributed by atoms with Gasteiger partial charge < -0.3 is 10.2 Å². The van der Waals surface area contributed by atoms with Crippen molar-refractivity contribution in [3.63, 3.8) is 0 Å². The summed E-state index contributed by atoms with van der Waals surface area (Å²) in [6, 6.07) is -0.183. The Balaban J connectivity index is 3.25. The zero-order valence-corrected chi connectivity index (χ0v) is 11.1. The van der Waals surface area contributed by atoms with Crippen LogP contribution in [-0.2, 0) is 14.8 Å². The molecule has 0 aliphatic rings. The second kappa shape index (κ2) is 5.58. The van der Waals surface area contributed by atoms with Gasteiger partial charge in [0.2, 0.25) is 10.0 Å². The zero-order chi connectivity index (χ0) is 16.6. The Hall–Kier alpha value is -1.72. The predicted molar refractivity (Wildman–Crippen MR) is 59.7 cm³/mol. The summed E-state index contributed by atoms with van der Waals surface area (Å²) < 4.78 is 77.1. The van der Waals surface area contributed by atoms with Crippen LogP contribution in [0.4, 0.5) is 17.6 Å². The van der Waals surface area contributed by atoms with Crippen LogP contribution in [0.2, 0.25) is 0 Å². The molecule has 0 spiro atoms. The molecule has 0 saturated heterocycles. The lowest BCUT2D eigenvalue weighted by Gasteiger charge is -2.18. The summed E-state index contributed by atoms with van der Waals surface area (Å²) >= 11 is 0. The number of aliphatic carboxylic acids is 1. The number of carbonyl (C=O) groups is 1. The lowest BCUT2D eigenvalue weighted by Crippen LogP contribution is -2.46. The highest BCUT2D eigenvalue weighted by Gasteiger charge is 2.35. The van der Waals surface area contributed by atoms with Crippen LogP contribution in [0.25, 0.3) is 0 Å². The van der Waals surface area contributed by atoms with Gasteiger partial charge in [0, 0.05) is 6.07 Å². The van der Waals surface area contributed by atoms with Crippen LogP contribution >= 0.6 is 0 Å². The Labute approximate surface area is 116 Å². The molecule has 0 saturated carbocycles. The first-order valence-corrected chi connectivity index (χ1v) is 6.67. The van der Waals surface area contributed by atoms with Crippen LogP contribution in [0.5, 0.6) is 0 Å². The van der Waals surface area contributed by atoms with E-state index >= 15 is 0 Å². The summed E-state index contributed by atoms with van der Waals surface area (Å²) in [5.74, 6) is -10.1. The number of rotatable bonds is 5. The van der Waals surface area contributed by atoms with E-state index in [1.165, 1.54) is 4.72 Å². The molecule has 1 unspecified atom stereocenters. The molecular formula is C10H9F4NO5S. The summed E-state index contributed by atoms with van der Waals surface area (Å²) in [5.41, 5.74) is -2.59. The van der Waals surface area contributed by atoms with E-state index in [1.807, 2.05) is 0 Å². The van der Waals surface area contributed by atoms with Gasteiger partial charge in [-0.1, -0.05) is 0 Å². The second-order valence-electron chi connectivity index (χ2n) is 4.20. The fourth-order valence-electron chi connectivity index (χ4n) is 1.17. The molecule has 118 valence electrons. The predicted octanol–water partition coefficient (Wildman–Crippen LogP) is 0.357. The highest BCUT2D eigenvalue weighted by atomic mass is 32.2. The standard InChI is InChI=1S/C10H9F4NO5S/c1-10(18,9(16)17)3-15-21(19,20)8-6(13)4(11)2-5(12)7(8)14/h2,15,18H,3H2,1H3,(H,16,17). The van der Waals surface area contributed by atoms with Gasteiger partial charge >= 0.3 is 5.97 Å². The van der Waals surface area contributed by atoms with Crippen LogP contribution in [-0.4, -0.2) is 36.7 Å². The van der Waals surface area contributed by atoms with Crippen LogP contribution in [0, 0.1) is 23.3 Å². The highest BCUT2D eigenvalue weighted by molar-refractivity contribution is 7.89. The Morgan fingerprint density at radius 2 is 1.67 bits per heavy atom. The number of halogens is 4. The molecule has 0 aromatic heterocycles. The number of hydrogen-bond acceptors (Lipinski definition) is 4. The third-order valence-electron chi connectivity index (χ3n) is 2.41. The maximum atomic E-state index is 13.3. The molecule has 0 fully saturated rings. The topological polar surface area (TPSA) is 104 Å². The number of carboxylic acids is 1. The van der Waals surface area contributed by atoms with Crippen LogP contribution in [0.3, 0.4) is 0 Å². The second-order valence-corrected chi connectivity index (χ2v) is 5.90. The van der Waals surface area contributed by atoms with Crippen molar-refractivity contribution in [3.8, 4) is 0 Å². The Kier molecular flexibility index (Phi) is 4.60. The Bertz CT molecular complexity index is 663. The normalized spacial score (nSPS) is 14.8. The lowest BCUT2D eigenvalue weighted by molar-refractivity contribution is -0.155. The number of hydrogen-bond donors (Lipinski definition) is 3. The maximum absolute atomic E-state index is 13.3. The van der Waals surface area contributed by atoms with E-state index in [0.717, 1.165) is 0 Å². The number of aliphatic hydroxyl groups is 1. The van der Waals surface area contributed by atoms with Crippen molar-refractivity contribution in [2.45, 2.75) is 17.4 Å². The number of nitrogens with one attached hydrogen (secondary N) is 1. The molecule has 1 aromatic rings. The Morgan fingerprint density at radius 3 is 2.05 bits per heavy atom. The van der Waals surface area contributed by atoms with Crippen molar-refractivity contribution in [2.75, 3.05) is 6.54 Å². The molecule has 6 nitrogen and oxygen atoms in total. The smallest absolute Gasteiger partial charge is 0.336 e. The first kappa shape index (κ1) is 17.3. The van der Waals surface area contributed by atoms with Gasteiger partial charge in [0.1, 0.15) is 0 Å². The monoisotopic (exact) mass is 331 g/mol. The summed E-state index contributed by atoms with van der Waals surface area (Å²) in [5, 5.41) is 17.8. The van der Waals surface area contributed by atoms with Crippen molar-refractivity contribution >= 4 is 16.0 Å². The lowest BCUT2D eigenvalue weighted by atomic mass is 10.1. The SMILES string of the molecule is CC(O)(CNS(=O)(=O)c1c(F)c(F)cc(F)c1F)C(=O)O. The first-order chi connectivity index (χ1) is 9.40. The molecule has 0 aliphatic carbocycles. The zero-order valence-electron chi connectivity index (χ0n) is 10.3. The summed E-state index contributed by atoms with van der Waals surface area (Å²) in [7, 11) is -5.14. The minimum Gasteiger partial charge on any atom is -0.479 e. The Morgan fingerprint density at radius 1 is 1.24 bits per heavy atom. The van der Waals surface area contributed by atoms with Gasteiger partial charge in [-0.15, -0.1) is 0 Å². The number of sulfonamides is 1. The fraction of sp³-hybridized carbons (Fsp3) is 0.300. The molecule has 0 radical (unpaired) electrons. The molecular weight excluding hydrogens is 322 g/mol. The van der Waals surface area contributed by atoms with E-state index < -0.39 is 56.3 Å². The van der Waals surface area contributed by atoms with Gasteiger partial charge in [0.15, 0.2) is 33.8 Å². The maximum Gasteiger partial charge on any atom is 0.336 e. The molecule has 1 rings (SSSR count). The summed E-state index contributed by atoms with van der Waals surface area (Å²) in [4.78, 5) is 8.62. The highest BCUT2D eigenvalue weighted by Crippen LogP contribution is 2.23. The van der Waals surface area contributed by atoms with Crippen molar-refractivity contribution in [1.29, 1.82) is 0 Å². The van der Waals surface area contributed by atoms with Gasteiger partial charge in [0.25, 0.3) is 0 Å². The van der Waals surface area contributed by atoms with Gasteiger partial charge in [0.05, 0.1) is 6.54 Å². The summed E-state index contributed by atoms with van der Waals surface area (Å²) in [6.07, 6.45) is 0. The van der Waals surface area contributed by atoms with Crippen molar-refractivity contribution in [2.24, 2.45) is 0 Å². The third kappa shape index (κ3) is 3.49. The molecule has 0 bridgehead atoms. The van der Waals surface area contributed by atoms with Crippen LogP contribution in [0.15, 0.2) is 11.0 Å². The van der Waals surface area contributed by atoms with E-state index in [4.69, 9.17) is 5.11 Å². The average molecular weight is 331 g/mol. The molecule has 1 aromatic carbocycles. The molecule has 3 N–H and O–H groups in total. The first-order valence-electron chi connectivity index (χ1n) is 5.18. The molecule has 0 aliphatic heterocycles. The number of carboxylic acid groups (broad SMARTS) is 1. The summed E-state index contributed by atoms with van der Waals surface area (Å²) in [6.45, 7) is -0.474.